The van der Waals surface area contributed by atoms with E-state index < -0.39 is 0 Å². The monoisotopic (exact) mass is 361 g/mol. The van der Waals surface area contributed by atoms with E-state index in [2.05, 4.69) is 19.9 Å². The smallest absolute Gasteiger partial charge is 0.293 e. The number of hydrogen-bond donors (Lipinski definition) is 0. The highest BCUT2D eigenvalue weighted by molar-refractivity contribution is 8.18. The lowest BCUT2D eigenvalue weighted by molar-refractivity contribution is -0.122. The Kier molecular flexibility index (Phi) is 6.71. The van der Waals surface area contributed by atoms with E-state index in [0.717, 1.165) is 47.0 Å². The largest absolute Gasteiger partial charge is 0.494 e. The molecule has 0 aromatic heterocycles. The van der Waals surface area contributed by atoms with Gasteiger partial charge in [-0.3, -0.25) is 14.5 Å². The van der Waals surface area contributed by atoms with Crippen LogP contribution in [-0.4, -0.2) is 29.2 Å². The van der Waals surface area contributed by atoms with Crippen LogP contribution in [0.1, 0.15) is 63.1 Å². The van der Waals surface area contributed by atoms with Crippen molar-refractivity contribution in [2.75, 3.05) is 13.2 Å². The Bertz CT molecular complexity index is 694. The molecule has 0 aliphatic carbocycles. The zero-order chi connectivity index (χ0) is 18.6. The zero-order valence-electron chi connectivity index (χ0n) is 15.7. The van der Waals surface area contributed by atoms with Crippen LogP contribution in [0.25, 0.3) is 6.08 Å². The number of unbranched alkanes of at least 4 members (excludes halogenated alkanes) is 1. The van der Waals surface area contributed by atoms with Crippen molar-refractivity contribution >= 4 is 29.0 Å². The van der Waals surface area contributed by atoms with Crippen LogP contribution in [0.3, 0.4) is 0 Å². The van der Waals surface area contributed by atoms with Gasteiger partial charge in [0.15, 0.2) is 0 Å². The van der Waals surface area contributed by atoms with Crippen molar-refractivity contribution in [2.45, 2.75) is 53.4 Å². The molecule has 1 aliphatic heterocycles. The number of aryl methyl sites for hydroxylation is 1. The number of imide groups is 1. The summed E-state index contributed by atoms with van der Waals surface area (Å²) < 4.78 is 5.75. The van der Waals surface area contributed by atoms with Crippen LogP contribution in [0.5, 0.6) is 5.75 Å². The Morgan fingerprint density at radius 2 is 1.96 bits per heavy atom. The lowest BCUT2D eigenvalue weighted by Gasteiger charge is -2.16. The van der Waals surface area contributed by atoms with Gasteiger partial charge in [0.05, 0.1) is 11.5 Å². The Hall–Kier alpha value is -1.75. The molecule has 1 saturated heterocycles. The first-order valence-corrected chi connectivity index (χ1v) is 9.73. The summed E-state index contributed by atoms with van der Waals surface area (Å²) in [5, 5.41) is -0.169. The van der Waals surface area contributed by atoms with E-state index in [9.17, 15) is 9.59 Å². The number of benzene rings is 1. The average molecular weight is 362 g/mol. The molecule has 0 radical (unpaired) electrons. The molecule has 1 heterocycles. The molecule has 1 aromatic rings. The lowest BCUT2D eigenvalue weighted by atomic mass is 9.96. The third kappa shape index (κ3) is 4.46. The van der Waals surface area contributed by atoms with Gasteiger partial charge in [-0.15, -0.1) is 0 Å². The predicted octanol–water partition coefficient (Wildman–Crippen LogP) is 5.35. The summed E-state index contributed by atoms with van der Waals surface area (Å²) in [4.78, 5) is 26.5. The second-order valence-corrected chi connectivity index (χ2v) is 7.51. The molecule has 1 aromatic carbocycles. The van der Waals surface area contributed by atoms with Crippen LogP contribution in [0.15, 0.2) is 17.0 Å². The fraction of sp³-hybridized carbons (Fsp3) is 0.500. The summed E-state index contributed by atoms with van der Waals surface area (Å²) in [5.41, 5.74) is 3.12. The van der Waals surface area contributed by atoms with E-state index in [1.807, 2.05) is 32.9 Å². The van der Waals surface area contributed by atoms with E-state index in [1.54, 1.807) is 0 Å². The maximum Gasteiger partial charge on any atom is 0.293 e. The molecule has 136 valence electrons. The van der Waals surface area contributed by atoms with Crippen molar-refractivity contribution in [3.63, 3.8) is 0 Å². The number of ether oxygens (including phenoxy) is 1. The van der Waals surface area contributed by atoms with Crippen molar-refractivity contribution < 1.29 is 14.3 Å². The number of amides is 2. The highest BCUT2D eigenvalue weighted by atomic mass is 32.2. The highest BCUT2D eigenvalue weighted by Gasteiger charge is 2.34. The molecule has 0 bridgehead atoms. The van der Waals surface area contributed by atoms with Crippen LogP contribution in [0, 0.1) is 6.92 Å². The summed E-state index contributed by atoms with van der Waals surface area (Å²) in [6.45, 7) is 11.4. The predicted molar refractivity (Wildman–Crippen MR) is 104 cm³/mol. The van der Waals surface area contributed by atoms with Crippen LogP contribution >= 0.6 is 11.8 Å². The maximum atomic E-state index is 12.5. The molecule has 4 nitrogen and oxygen atoms in total. The van der Waals surface area contributed by atoms with Crippen LogP contribution < -0.4 is 4.74 Å². The average Bonchev–Trinajstić information content (AvgIpc) is 2.81. The third-order valence-corrected chi connectivity index (χ3v) is 5.12. The van der Waals surface area contributed by atoms with Gasteiger partial charge in [-0.05, 0) is 72.8 Å². The Morgan fingerprint density at radius 1 is 1.24 bits per heavy atom. The number of thioether (sulfide) groups is 1. The van der Waals surface area contributed by atoms with Gasteiger partial charge in [-0.1, -0.05) is 27.2 Å². The van der Waals surface area contributed by atoms with Crippen molar-refractivity contribution in [3.05, 3.63) is 33.7 Å². The van der Waals surface area contributed by atoms with E-state index in [0.29, 0.717) is 24.0 Å². The molecule has 2 rings (SSSR count). The van der Waals surface area contributed by atoms with E-state index in [-0.39, 0.29) is 11.1 Å². The Morgan fingerprint density at radius 3 is 2.56 bits per heavy atom. The number of hydrogen-bond acceptors (Lipinski definition) is 4. The molecule has 1 fully saturated rings. The normalized spacial score (nSPS) is 16.4. The van der Waals surface area contributed by atoms with Gasteiger partial charge in [0.2, 0.25) is 0 Å². The van der Waals surface area contributed by atoms with Crippen molar-refractivity contribution in [1.82, 2.24) is 4.90 Å². The van der Waals surface area contributed by atoms with E-state index >= 15 is 0 Å². The zero-order valence-corrected chi connectivity index (χ0v) is 16.5. The SMILES string of the molecule is CCCCN1C(=O)SC(=Cc2cc(C(C)C)c(OCC)cc2C)C1=O. The lowest BCUT2D eigenvalue weighted by Crippen LogP contribution is -2.29. The minimum Gasteiger partial charge on any atom is -0.494 e. The van der Waals surface area contributed by atoms with Crippen molar-refractivity contribution in [2.24, 2.45) is 0 Å². The van der Waals surface area contributed by atoms with Gasteiger partial charge in [-0.2, -0.15) is 0 Å². The van der Waals surface area contributed by atoms with Crippen LogP contribution in [0.2, 0.25) is 0 Å². The quantitative estimate of drug-likeness (QED) is 0.614. The van der Waals surface area contributed by atoms with Crippen LogP contribution in [0.4, 0.5) is 4.79 Å². The van der Waals surface area contributed by atoms with Gasteiger partial charge >= 0.3 is 0 Å². The standard InChI is InChI=1S/C20H27NO3S/c1-6-8-9-21-19(22)18(25-20(21)23)12-15-11-16(13(3)4)17(24-7-2)10-14(15)5/h10-13H,6-9H2,1-5H3. The second kappa shape index (κ2) is 8.56. The van der Waals surface area contributed by atoms with Gasteiger partial charge in [0.1, 0.15) is 5.75 Å². The summed E-state index contributed by atoms with van der Waals surface area (Å²) in [5.74, 6) is 1.03. The van der Waals surface area contributed by atoms with Gasteiger partial charge < -0.3 is 4.74 Å². The van der Waals surface area contributed by atoms with Gasteiger partial charge in [0, 0.05) is 6.54 Å². The molecule has 2 amide bonds. The molecule has 0 unspecified atom stereocenters. The minimum atomic E-state index is -0.178. The van der Waals surface area contributed by atoms with E-state index in [4.69, 9.17) is 4.74 Å². The molecular formula is C20H27NO3S. The molecule has 5 heteroatoms. The minimum absolute atomic E-state index is 0.169. The second-order valence-electron chi connectivity index (χ2n) is 6.52. The first-order valence-electron chi connectivity index (χ1n) is 8.91. The molecule has 25 heavy (non-hydrogen) atoms. The topological polar surface area (TPSA) is 46.6 Å². The summed E-state index contributed by atoms with van der Waals surface area (Å²) in [6, 6.07) is 4.09. The first kappa shape index (κ1) is 19.6. The molecule has 0 N–H and O–H groups in total. The summed E-state index contributed by atoms with van der Waals surface area (Å²) in [7, 11) is 0. The summed E-state index contributed by atoms with van der Waals surface area (Å²) >= 11 is 1.03. The highest BCUT2D eigenvalue weighted by Crippen LogP contribution is 2.35. The fourth-order valence-electron chi connectivity index (χ4n) is 2.75. The van der Waals surface area contributed by atoms with Crippen LogP contribution in [-0.2, 0) is 4.79 Å². The Labute approximate surface area is 154 Å². The van der Waals surface area contributed by atoms with Crippen molar-refractivity contribution in [1.29, 1.82) is 0 Å². The van der Waals surface area contributed by atoms with Gasteiger partial charge in [-0.25, -0.2) is 0 Å². The number of carbonyl (C=O) groups excluding carboxylic acids is 2. The molecule has 0 atom stereocenters. The molecule has 0 spiro atoms. The Balaban J connectivity index is 2.36. The van der Waals surface area contributed by atoms with Gasteiger partial charge in [0.25, 0.3) is 11.1 Å². The third-order valence-electron chi connectivity index (χ3n) is 4.22. The first-order chi connectivity index (χ1) is 11.9. The summed E-state index contributed by atoms with van der Waals surface area (Å²) in [6.07, 6.45) is 3.63. The number of carbonyl (C=O) groups is 2. The van der Waals surface area contributed by atoms with E-state index in [1.165, 1.54) is 4.90 Å². The maximum absolute atomic E-state index is 12.5. The molecular weight excluding hydrogens is 334 g/mol. The fourth-order valence-corrected chi connectivity index (χ4v) is 3.61. The molecule has 0 saturated carbocycles. The van der Waals surface area contributed by atoms with Crippen molar-refractivity contribution in [3.8, 4) is 5.75 Å². The molecule has 1 aliphatic rings. The number of nitrogens with zero attached hydrogens (tertiary/aromatic N) is 1. The number of rotatable bonds is 7.